The Morgan fingerprint density at radius 1 is 0.447 bits per heavy atom. The van der Waals surface area contributed by atoms with Crippen LogP contribution in [0.15, 0.2) is 130 Å². The quantitative estimate of drug-likeness (QED) is 0.0717. The number of unbranched alkanes of at least 4 members (excludes halogenated alkanes) is 6. The van der Waals surface area contributed by atoms with E-state index in [9.17, 15) is 0 Å². The van der Waals surface area contributed by atoms with Gasteiger partial charge in [0.2, 0.25) is 0 Å². The Labute approximate surface area is 279 Å². The van der Waals surface area contributed by atoms with Crippen LogP contribution in [0.3, 0.4) is 0 Å². The number of aryl methyl sites for hydroxylation is 1. The molecule has 0 aliphatic rings. The summed E-state index contributed by atoms with van der Waals surface area (Å²) in [6.07, 6.45) is 11.0. The van der Waals surface area contributed by atoms with Crippen LogP contribution < -0.4 is 9.47 Å². The zero-order valence-electron chi connectivity index (χ0n) is 27.8. The van der Waals surface area contributed by atoms with E-state index in [-0.39, 0.29) is 0 Å². The van der Waals surface area contributed by atoms with Crippen molar-refractivity contribution in [3.63, 3.8) is 0 Å². The van der Waals surface area contributed by atoms with Gasteiger partial charge in [0, 0.05) is 10.8 Å². The molecular weight excluding hydrogens is 580 g/mol. The molecule has 6 nitrogen and oxygen atoms in total. The third-order valence-corrected chi connectivity index (χ3v) is 8.11. The number of rotatable bonds is 18. The van der Waals surface area contributed by atoms with Crippen LogP contribution in [0, 0.1) is 0 Å². The first kappa shape index (κ1) is 33.5. The lowest BCUT2D eigenvalue weighted by Crippen LogP contribution is -1.98. The molecule has 6 heteroatoms. The van der Waals surface area contributed by atoms with Gasteiger partial charge >= 0.3 is 0 Å². The summed E-state index contributed by atoms with van der Waals surface area (Å²) in [4.78, 5) is 0. The van der Waals surface area contributed by atoms with E-state index in [0.717, 1.165) is 70.0 Å². The monoisotopic (exact) mass is 626 g/mol. The van der Waals surface area contributed by atoms with E-state index in [0.29, 0.717) is 6.61 Å². The van der Waals surface area contributed by atoms with E-state index in [1.54, 1.807) is 0 Å². The zero-order valence-corrected chi connectivity index (χ0v) is 27.8. The number of benzene rings is 5. The van der Waals surface area contributed by atoms with E-state index in [4.69, 9.17) is 9.47 Å². The second-order valence-electron chi connectivity index (χ2n) is 11.9. The van der Waals surface area contributed by atoms with Gasteiger partial charge in [-0.05, 0) is 91.1 Å². The minimum atomic E-state index is 0.484. The van der Waals surface area contributed by atoms with Crippen LogP contribution in [0.25, 0.3) is 10.8 Å². The molecule has 0 atom stereocenters. The van der Waals surface area contributed by atoms with Crippen LogP contribution in [0.4, 0.5) is 22.7 Å². The SMILES string of the molecule is CCCCCCCOc1ccc(COc2ccc(N=Nc3ccc(N=Nc4ccc(CCCCC)cc4)c4ccccc34)cc2)cc1. The molecule has 5 aromatic rings. The van der Waals surface area contributed by atoms with Gasteiger partial charge in [0.05, 0.1) is 29.4 Å². The predicted molar refractivity (Wildman–Crippen MR) is 193 cm³/mol. The molecule has 0 aliphatic heterocycles. The number of azo groups is 2. The molecule has 0 unspecified atom stereocenters. The van der Waals surface area contributed by atoms with Crippen molar-refractivity contribution in [1.29, 1.82) is 0 Å². The van der Waals surface area contributed by atoms with Gasteiger partial charge in [0.25, 0.3) is 0 Å². The summed E-state index contributed by atoms with van der Waals surface area (Å²) in [5, 5.41) is 20.1. The van der Waals surface area contributed by atoms with E-state index < -0.39 is 0 Å². The maximum absolute atomic E-state index is 6.00. The highest BCUT2D eigenvalue weighted by atomic mass is 16.5. The maximum atomic E-state index is 6.00. The standard InChI is InChI=1S/C41H46N4O2/c1-3-5-7-8-12-30-46-36-24-18-33(19-25-36)31-47-37-26-22-35(23-27-37)43-45-41-29-28-40(38-14-10-11-15-39(38)41)44-42-34-20-16-32(17-21-34)13-9-6-4-2/h10-11,14-29H,3-9,12-13,30-31H2,1-2H3. The fraction of sp³-hybridized carbons (Fsp3) is 0.317. The van der Waals surface area contributed by atoms with Gasteiger partial charge in [-0.25, -0.2) is 0 Å². The molecule has 0 saturated heterocycles. The highest BCUT2D eigenvalue weighted by Crippen LogP contribution is 2.35. The Kier molecular flexibility index (Phi) is 13.1. The minimum Gasteiger partial charge on any atom is -0.494 e. The number of hydrogen-bond acceptors (Lipinski definition) is 6. The fourth-order valence-electron chi connectivity index (χ4n) is 5.33. The molecule has 0 spiro atoms. The Bertz CT molecular complexity index is 1710. The van der Waals surface area contributed by atoms with Crippen molar-refractivity contribution in [1.82, 2.24) is 0 Å². The van der Waals surface area contributed by atoms with Crippen molar-refractivity contribution in [3.05, 3.63) is 120 Å². The van der Waals surface area contributed by atoms with Crippen LogP contribution in [0.5, 0.6) is 11.5 Å². The average molecular weight is 627 g/mol. The summed E-state index contributed by atoms with van der Waals surface area (Å²) in [5.41, 5.74) is 5.60. The highest BCUT2D eigenvalue weighted by Gasteiger charge is 2.06. The molecule has 0 amide bonds. The molecule has 5 rings (SSSR count). The largest absolute Gasteiger partial charge is 0.494 e. The lowest BCUT2D eigenvalue weighted by molar-refractivity contribution is 0.300. The molecule has 0 radical (unpaired) electrons. The third-order valence-electron chi connectivity index (χ3n) is 8.11. The maximum Gasteiger partial charge on any atom is 0.119 e. The molecule has 0 N–H and O–H groups in total. The molecule has 0 fully saturated rings. The van der Waals surface area contributed by atoms with Crippen molar-refractivity contribution in [2.45, 2.75) is 78.2 Å². The molecule has 0 aliphatic carbocycles. The van der Waals surface area contributed by atoms with Gasteiger partial charge in [-0.3, -0.25) is 0 Å². The van der Waals surface area contributed by atoms with Crippen molar-refractivity contribution in [2.24, 2.45) is 20.5 Å². The zero-order chi connectivity index (χ0) is 32.5. The highest BCUT2D eigenvalue weighted by molar-refractivity contribution is 5.99. The van der Waals surface area contributed by atoms with Crippen molar-refractivity contribution in [3.8, 4) is 11.5 Å². The predicted octanol–water partition coefficient (Wildman–Crippen LogP) is 13.3. The Balaban J connectivity index is 1.14. The number of fused-ring (bicyclic) bond motifs is 1. The Morgan fingerprint density at radius 2 is 0.957 bits per heavy atom. The molecule has 0 heterocycles. The summed E-state index contributed by atoms with van der Waals surface area (Å²) < 4.78 is 11.9. The Hall–Kier alpha value is -4.84. The third kappa shape index (κ3) is 10.6. The number of ether oxygens (including phenoxy) is 2. The second kappa shape index (κ2) is 18.3. The molecule has 0 aromatic heterocycles. The first-order chi connectivity index (χ1) is 23.2. The second-order valence-corrected chi connectivity index (χ2v) is 11.9. The van der Waals surface area contributed by atoms with E-state index in [2.05, 4.69) is 58.6 Å². The van der Waals surface area contributed by atoms with Crippen LogP contribution in [-0.2, 0) is 13.0 Å². The number of hydrogen-bond donors (Lipinski definition) is 0. The Morgan fingerprint density at radius 3 is 1.57 bits per heavy atom. The van der Waals surface area contributed by atoms with Gasteiger partial charge in [-0.15, -0.1) is 10.2 Å². The van der Waals surface area contributed by atoms with Gasteiger partial charge in [0.1, 0.15) is 18.1 Å². The van der Waals surface area contributed by atoms with Crippen LogP contribution in [0.2, 0.25) is 0 Å². The summed E-state index contributed by atoms with van der Waals surface area (Å²) >= 11 is 0. The lowest BCUT2D eigenvalue weighted by Gasteiger charge is -2.09. The van der Waals surface area contributed by atoms with Crippen molar-refractivity contribution in [2.75, 3.05) is 6.61 Å². The summed E-state index contributed by atoms with van der Waals surface area (Å²) in [6, 6.07) is 36.2. The molecule has 47 heavy (non-hydrogen) atoms. The van der Waals surface area contributed by atoms with E-state index in [1.807, 2.05) is 84.9 Å². The normalized spacial score (nSPS) is 11.5. The summed E-state index contributed by atoms with van der Waals surface area (Å²) in [5.74, 6) is 1.69. The summed E-state index contributed by atoms with van der Waals surface area (Å²) in [6.45, 7) is 5.72. The van der Waals surface area contributed by atoms with Crippen LogP contribution in [-0.4, -0.2) is 6.61 Å². The molecule has 0 bridgehead atoms. The number of nitrogens with zero attached hydrogens (tertiary/aromatic N) is 4. The first-order valence-corrected chi connectivity index (χ1v) is 17.1. The van der Waals surface area contributed by atoms with Crippen LogP contribution >= 0.6 is 0 Å². The molecule has 5 aromatic carbocycles. The first-order valence-electron chi connectivity index (χ1n) is 17.1. The molecule has 0 saturated carbocycles. The summed E-state index contributed by atoms with van der Waals surface area (Å²) in [7, 11) is 0. The topological polar surface area (TPSA) is 67.9 Å². The van der Waals surface area contributed by atoms with E-state index >= 15 is 0 Å². The fourth-order valence-corrected chi connectivity index (χ4v) is 5.33. The smallest absolute Gasteiger partial charge is 0.119 e. The van der Waals surface area contributed by atoms with Crippen LogP contribution in [0.1, 0.15) is 76.3 Å². The van der Waals surface area contributed by atoms with Crippen molar-refractivity contribution < 1.29 is 9.47 Å². The lowest BCUT2D eigenvalue weighted by atomic mass is 10.1. The molecule has 242 valence electrons. The van der Waals surface area contributed by atoms with Gasteiger partial charge in [-0.2, -0.15) is 10.2 Å². The van der Waals surface area contributed by atoms with Gasteiger partial charge < -0.3 is 9.47 Å². The van der Waals surface area contributed by atoms with Gasteiger partial charge in [-0.1, -0.05) is 101 Å². The van der Waals surface area contributed by atoms with Gasteiger partial charge in [0.15, 0.2) is 0 Å². The molecular formula is C41H46N4O2. The van der Waals surface area contributed by atoms with E-state index in [1.165, 1.54) is 50.5 Å². The minimum absolute atomic E-state index is 0.484. The van der Waals surface area contributed by atoms with Crippen molar-refractivity contribution >= 4 is 33.5 Å². The average Bonchev–Trinajstić information content (AvgIpc) is 3.12.